The van der Waals surface area contributed by atoms with Crippen molar-refractivity contribution in [2.24, 2.45) is 10.7 Å². The van der Waals surface area contributed by atoms with Gasteiger partial charge >= 0.3 is 0 Å². The average molecular weight is 380 g/mol. The van der Waals surface area contributed by atoms with Crippen molar-refractivity contribution in [2.75, 3.05) is 13.6 Å². The SMILES string of the molecule is CC(CN=C(N)NC1CCCCC1)N(C)C1CC1.I. The van der Waals surface area contributed by atoms with Gasteiger partial charge in [-0.1, -0.05) is 19.3 Å². The number of hydrogen-bond donors (Lipinski definition) is 2. The number of halogens is 1. The molecule has 0 aromatic heterocycles. The fourth-order valence-electron chi connectivity index (χ4n) is 2.70. The molecule has 5 heteroatoms. The number of nitrogens with one attached hydrogen (secondary N) is 1. The van der Waals surface area contributed by atoms with Crippen molar-refractivity contribution >= 4 is 29.9 Å². The van der Waals surface area contributed by atoms with Crippen molar-refractivity contribution in [3.05, 3.63) is 0 Å². The van der Waals surface area contributed by atoms with Crippen molar-refractivity contribution in [3.63, 3.8) is 0 Å². The summed E-state index contributed by atoms with van der Waals surface area (Å²) in [5.74, 6) is 0.637. The minimum absolute atomic E-state index is 0. The molecule has 0 aromatic rings. The van der Waals surface area contributed by atoms with E-state index in [1.54, 1.807) is 0 Å². The van der Waals surface area contributed by atoms with Gasteiger partial charge in [-0.05, 0) is 39.7 Å². The average Bonchev–Trinajstić information content (AvgIpc) is 3.20. The number of likely N-dealkylation sites (N-methyl/N-ethyl adjacent to an activating group) is 1. The fourth-order valence-corrected chi connectivity index (χ4v) is 2.70. The van der Waals surface area contributed by atoms with Crippen LogP contribution in [0.4, 0.5) is 0 Å². The molecule has 0 spiro atoms. The van der Waals surface area contributed by atoms with Gasteiger partial charge in [0.1, 0.15) is 0 Å². The van der Waals surface area contributed by atoms with Crippen LogP contribution >= 0.6 is 24.0 Å². The highest BCUT2D eigenvalue weighted by Crippen LogP contribution is 2.26. The topological polar surface area (TPSA) is 53.6 Å². The summed E-state index contributed by atoms with van der Waals surface area (Å²) >= 11 is 0. The Balaban J connectivity index is 0.00000180. The van der Waals surface area contributed by atoms with Gasteiger partial charge in [-0.2, -0.15) is 0 Å². The first-order valence-corrected chi connectivity index (χ1v) is 7.45. The van der Waals surface area contributed by atoms with Gasteiger partial charge in [-0.25, -0.2) is 0 Å². The molecule has 2 fully saturated rings. The van der Waals surface area contributed by atoms with Crippen molar-refractivity contribution in [3.8, 4) is 0 Å². The van der Waals surface area contributed by atoms with Gasteiger partial charge in [0.05, 0.1) is 6.54 Å². The predicted molar refractivity (Wildman–Crippen MR) is 92.2 cm³/mol. The van der Waals surface area contributed by atoms with E-state index in [4.69, 9.17) is 5.73 Å². The third kappa shape index (κ3) is 5.85. The zero-order valence-electron chi connectivity index (χ0n) is 12.3. The van der Waals surface area contributed by atoms with E-state index in [2.05, 4.69) is 29.2 Å². The number of hydrogen-bond acceptors (Lipinski definition) is 2. The first-order chi connectivity index (χ1) is 8.66. The van der Waals surface area contributed by atoms with E-state index in [1.165, 1.54) is 44.9 Å². The summed E-state index contributed by atoms with van der Waals surface area (Å²) in [6.07, 6.45) is 9.21. The highest BCUT2D eigenvalue weighted by Gasteiger charge is 2.28. The number of nitrogens with zero attached hydrogens (tertiary/aromatic N) is 2. The Morgan fingerprint density at radius 3 is 2.47 bits per heavy atom. The molecular formula is C14H29IN4. The van der Waals surface area contributed by atoms with Crippen molar-refractivity contribution < 1.29 is 0 Å². The van der Waals surface area contributed by atoms with E-state index in [9.17, 15) is 0 Å². The van der Waals surface area contributed by atoms with Crippen LogP contribution in [0.25, 0.3) is 0 Å². The van der Waals surface area contributed by atoms with Crippen LogP contribution in [0, 0.1) is 0 Å². The van der Waals surface area contributed by atoms with E-state index >= 15 is 0 Å². The van der Waals surface area contributed by atoms with E-state index in [0.717, 1.165) is 12.6 Å². The summed E-state index contributed by atoms with van der Waals surface area (Å²) in [7, 11) is 2.20. The largest absolute Gasteiger partial charge is 0.370 e. The minimum atomic E-state index is 0. The summed E-state index contributed by atoms with van der Waals surface area (Å²) < 4.78 is 0. The number of rotatable bonds is 5. The quantitative estimate of drug-likeness (QED) is 0.437. The highest BCUT2D eigenvalue weighted by atomic mass is 127. The summed E-state index contributed by atoms with van der Waals surface area (Å²) in [5, 5.41) is 3.37. The molecule has 0 amide bonds. The standard InChI is InChI=1S/C14H28N4.HI/c1-11(18(2)13-8-9-13)10-16-14(15)17-12-6-4-3-5-7-12;/h11-13H,3-10H2,1-2H3,(H3,15,16,17);1H. The highest BCUT2D eigenvalue weighted by molar-refractivity contribution is 14.0. The second-order valence-corrected chi connectivity index (χ2v) is 5.95. The number of aliphatic imine (C=N–C) groups is 1. The maximum absolute atomic E-state index is 5.97. The molecule has 3 N–H and O–H groups in total. The molecule has 19 heavy (non-hydrogen) atoms. The first kappa shape index (κ1) is 17.0. The molecule has 1 unspecified atom stereocenters. The smallest absolute Gasteiger partial charge is 0.188 e. The van der Waals surface area contributed by atoms with Gasteiger partial charge < -0.3 is 11.1 Å². The van der Waals surface area contributed by atoms with Crippen LogP contribution in [0.15, 0.2) is 4.99 Å². The summed E-state index contributed by atoms with van der Waals surface area (Å²) in [6.45, 7) is 3.04. The molecule has 2 saturated carbocycles. The Bertz CT molecular complexity index is 285. The third-order valence-corrected chi connectivity index (χ3v) is 4.30. The summed E-state index contributed by atoms with van der Waals surface area (Å²) in [5.41, 5.74) is 5.97. The van der Waals surface area contributed by atoms with Crippen LogP contribution in [-0.4, -0.2) is 42.6 Å². The molecule has 0 saturated heterocycles. The molecule has 0 bridgehead atoms. The maximum Gasteiger partial charge on any atom is 0.188 e. The molecule has 0 radical (unpaired) electrons. The molecule has 2 aliphatic rings. The normalized spacial score (nSPS) is 23.0. The van der Waals surface area contributed by atoms with Gasteiger partial charge in [0, 0.05) is 18.1 Å². The Morgan fingerprint density at radius 1 is 1.26 bits per heavy atom. The van der Waals surface area contributed by atoms with Crippen molar-refractivity contribution in [1.82, 2.24) is 10.2 Å². The molecule has 2 aliphatic carbocycles. The molecule has 4 nitrogen and oxygen atoms in total. The van der Waals surface area contributed by atoms with Crippen LogP contribution in [0.5, 0.6) is 0 Å². The van der Waals surface area contributed by atoms with Crippen LogP contribution in [-0.2, 0) is 0 Å². The van der Waals surface area contributed by atoms with E-state index in [0.29, 0.717) is 18.0 Å². The maximum atomic E-state index is 5.97. The zero-order valence-corrected chi connectivity index (χ0v) is 14.6. The Kier molecular flexibility index (Phi) is 7.42. The van der Waals surface area contributed by atoms with Gasteiger partial charge in [0.15, 0.2) is 5.96 Å². The minimum Gasteiger partial charge on any atom is -0.370 e. The molecule has 0 heterocycles. The zero-order chi connectivity index (χ0) is 13.0. The Morgan fingerprint density at radius 2 is 1.89 bits per heavy atom. The monoisotopic (exact) mass is 380 g/mol. The lowest BCUT2D eigenvalue weighted by Gasteiger charge is -2.25. The van der Waals surface area contributed by atoms with Crippen LogP contribution in [0.2, 0.25) is 0 Å². The molecule has 1 atom stereocenters. The van der Waals surface area contributed by atoms with E-state index in [1.807, 2.05) is 0 Å². The van der Waals surface area contributed by atoms with Crippen molar-refractivity contribution in [2.45, 2.75) is 70.0 Å². The van der Waals surface area contributed by atoms with Gasteiger partial charge in [0.25, 0.3) is 0 Å². The van der Waals surface area contributed by atoms with Gasteiger partial charge in [0.2, 0.25) is 0 Å². The van der Waals surface area contributed by atoms with Crippen LogP contribution in [0.1, 0.15) is 51.9 Å². The summed E-state index contributed by atoms with van der Waals surface area (Å²) in [6, 6.07) is 1.84. The molecular weight excluding hydrogens is 351 g/mol. The molecule has 2 rings (SSSR count). The fraction of sp³-hybridized carbons (Fsp3) is 0.929. The molecule has 0 aromatic carbocycles. The molecule has 0 aliphatic heterocycles. The third-order valence-electron chi connectivity index (χ3n) is 4.30. The van der Waals surface area contributed by atoms with Crippen LogP contribution in [0.3, 0.4) is 0 Å². The number of guanidine groups is 1. The van der Waals surface area contributed by atoms with E-state index in [-0.39, 0.29) is 24.0 Å². The van der Waals surface area contributed by atoms with Gasteiger partial charge in [-0.15, -0.1) is 24.0 Å². The van der Waals surface area contributed by atoms with Crippen LogP contribution < -0.4 is 11.1 Å². The second kappa shape index (κ2) is 8.29. The first-order valence-electron chi connectivity index (χ1n) is 7.45. The van der Waals surface area contributed by atoms with Crippen molar-refractivity contribution in [1.29, 1.82) is 0 Å². The van der Waals surface area contributed by atoms with Gasteiger partial charge in [-0.3, -0.25) is 9.89 Å². The predicted octanol–water partition coefficient (Wildman–Crippen LogP) is 2.32. The Labute approximate surface area is 134 Å². The second-order valence-electron chi connectivity index (χ2n) is 5.95. The lowest BCUT2D eigenvalue weighted by Crippen LogP contribution is -2.42. The summed E-state index contributed by atoms with van der Waals surface area (Å²) in [4.78, 5) is 6.92. The Hall–Kier alpha value is -0.0400. The van der Waals surface area contributed by atoms with E-state index < -0.39 is 0 Å². The lowest BCUT2D eigenvalue weighted by molar-refractivity contribution is 0.253. The lowest BCUT2D eigenvalue weighted by atomic mass is 9.96. The number of nitrogens with two attached hydrogens (primary N) is 1. The molecule has 112 valence electrons.